The Labute approximate surface area is 235 Å². The fraction of sp³-hybridized carbons (Fsp3) is 0.483. The van der Waals surface area contributed by atoms with Crippen LogP contribution in [0.4, 0.5) is 13.2 Å². The number of likely N-dealkylation sites (tertiary alicyclic amines) is 2. The van der Waals surface area contributed by atoms with Gasteiger partial charge in [0.1, 0.15) is 11.5 Å². The van der Waals surface area contributed by atoms with Gasteiger partial charge in [-0.2, -0.15) is 8.78 Å². The van der Waals surface area contributed by atoms with Crippen LogP contribution >= 0.6 is 0 Å². The second-order valence-corrected chi connectivity index (χ2v) is 11.3. The molecule has 0 atom stereocenters. The van der Waals surface area contributed by atoms with Crippen LogP contribution in [0, 0.1) is 5.82 Å². The summed E-state index contributed by atoms with van der Waals surface area (Å²) < 4.78 is 46.6. The van der Waals surface area contributed by atoms with Crippen LogP contribution in [0.15, 0.2) is 47.1 Å². The number of piperidine rings is 1. The van der Waals surface area contributed by atoms with Crippen molar-refractivity contribution in [2.24, 2.45) is 0 Å². The van der Waals surface area contributed by atoms with Crippen LogP contribution in [0.25, 0.3) is 22.7 Å². The lowest BCUT2D eigenvalue weighted by atomic mass is 9.85. The summed E-state index contributed by atoms with van der Waals surface area (Å²) in [6.07, 6.45) is 6.66. The number of hydrogen-bond acceptors (Lipinski definition) is 8. The second kappa shape index (κ2) is 11.0. The Morgan fingerprint density at radius 3 is 2.46 bits per heavy atom. The van der Waals surface area contributed by atoms with Crippen molar-refractivity contribution in [3.05, 3.63) is 65.7 Å². The summed E-state index contributed by atoms with van der Waals surface area (Å²) in [5, 5.41) is 15.3. The Morgan fingerprint density at radius 2 is 1.76 bits per heavy atom. The molecule has 4 aromatic rings. The average Bonchev–Trinajstić information content (AvgIpc) is 3.61. The van der Waals surface area contributed by atoms with E-state index in [1.165, 1.54) is 48.8 Å². The topological polar surface area (TPSA) is 89.0 Å². The van der Waals surface area contributed by atoms with Gasteiger partial charge in [0, 0.05) is 36.9 Å². The lowest BCUT2D eigenvalue weighted by molar-refractivity contribution is -0.0261. The van der Waals surface area contributed by atoms with Crippen molar-refractivity contribution >= 4 is 0 Å². The molecule has 2 saturated heterocycles. The number of nitrogens with zero attached hydrogens (tertiary/aromatic N) is 8. The SMILES string of the molecule is Fc1cc(-c2nnc(C(F)F)o2)cnc1Cn1cc(-c2cccc(C3CCN(C4CN(C5CCC5)C4)CC3)c2)nn1. The highest BCUT2D eigenvalue weighted by molar-refractivity contribution is 5.59. The molecule has 3 aromatic heterocycles. The molecule has 41 heavy (non-hydrogen) atoms. The molecule has 3 fully saturated rings. The lowest BCUT2D eigenvalue weighted by Gasteiger charge is -2.52. The van der Waals surface area contributed by atoms with E-state index in [9.17, 15) is 13.2 Å². The standard InChI is InChI=1S/C29H31F3N8O/c30-24-12-21(28-35-36-29(41-28)27(31)32)13-33-26(24)17-40-16-25(34-37-40)20-4-1-3-19(11-20)18-7-9-38(10-8-18)23-14-39(15-23)22-5-2-6-22/h1,3-4,11-13,16,18,22-23,27H,2,5-10,14-15,17H2. The molecule has 12 heteroatoms. The monoisotopic (exact) mass is 564 g/mol. The van der Waals surface area contributed by atoms with Gasteiger partial charge >= 0.3 is 6.43 Å². The van der Waals surface area contributed by atoms with E-state index in [0.717, 1.165) is 49.6 Å². The molecule has 1 aliphatic carbocycles. The molecule has 7 rings (SSSR count). The highest BCUT2D eigenvalue weighted by atomic mass is 19.3. The number of benzene rings is 1. The number of alkyl halides is 2. The molecule has 0 N–H and O–H groups in total. The van der Waals surface area contributed by atoms with Gasteiger partial charge in [-0.1, -0.05) is 29.8 Å². The van der Waals surface area contributed by atoms with Gasteiger partial charge in [0.05, 0.1) is 24.0 Å². The maximum absolute atomic E-state index is 14.8. The van der Waals surface area contributed by atoms with Crippen LogP contribution in [-0.2, 0) is 6.54 Å². The van der Waals surface area contributed by atoms with Gasteiger partial charge in [0.15, 0.2) is 0 Å². The summed E-state index contributed by atoms with van der Waals surface area (Å²) in [5.74, 6) is -1.15. The minimum absolute atomic E-state index is 0.0583. The largest absolute Gasteiger partial charge is 0.415 e. The summed E-state index contributed by atoms with van der Waals surface area (Å²) in [6.45, 7) is 4.83. The third kappa shape index (κ3) is 5.38. The zero-order valence-corrected chi connectivity index (χ0v) is 22.5. The van der Waals surface area contributed by atoms with E-state index in [1.54, 1.807) is 6.20 Å². The minimum Gasteiger partial charge on any atom is -0.415 e. The number of rotatable bonds is 8. The van der Waals surface area contributed by atoms with E-state index in [2.05, 4.69) is 53.5 Å². The third-order valence-corrected chi connectivity index (χ3v) is 8.82. The summed E-state index contributed by atoms with van der Waals surface area (Å²) in [6, 6.07) is 11.2. The van der Waals surface area contributed by atoms with E-state index in [1.807, 2.05) is 6.07 Å². The van der Waals surface area contributed by atoms with Gasteiger partial charge in [0.25, 0.3) is 5.89 Å². The van der Waals surface area contributed by atoms with E-state index in [-0.39, 0.29) is 23.7 Å². The first-order chi connectivity index (χ1) is 20.0. The molecule has 5 heterocycles. The zero-order chi connectivity index (χ0) is 27.9. The van der Waals surface area contributed by atoms with Crippen molar-refractivity contribution in [1.82, 2.24) is 40.0 Å². The quantitative estimate of drug-likeness (QED) is 0.298. The predicted molar refractivity (Wildman–Crippen MR) is 144 cm³/mol. The summed E-state index contributed by atoms with van der Waals surface area (Å²) in [5.41, 5.74) is 3.25. The fourth-order valence-electron chi connectivity index (χ4n) is 6.12. The lowest BCUT2D eigenvalue weighted by Crippen LogP contribution is -2.64. The van der Waals surface area contributed by atoms with Crippen molar-refractivity contribution in [3.8, 4) is 22.7 Å². The maximum atomic E-state index is 14.8. The van der Waals surface area contributed by atoms with Crippen LogP contribution in [-0.4, -0.2) is 78.2 Å². The van der Waals surface area contributed by atoms with E-state index in [4.69, 9.17) is 4.42 Å². The molecule has 1 saturated carbocycles. The van der Waals surface area contributed by atoms with E-state index in [0.29, 0.717) is 11.6 Å². The summed E-state index contributed by atoms with van der Waals surface area (Å²) in [7, 11) is 0. The van der Waals surface area contributed by atoms with E-state index < -0.39 is 18.1 Å². The van der Waals surface area contributed by atoms with Crippen LogP contribution in [0.1, 0.15) is 61.6 Å². The molecular weight excluding hydrogens is 533 g/mol. The second-order valence-electron chi connectivity index (χ2n) is 11.3. The van der Waals surface area contributed by atoms with Gasteiger partial charge in [0.2, 0.25) is 5.89 Å². The average molecular weight is 565 g/mol. The van der Waals surface area contributed by atoms with Crippen molar-refractivity contribution in [2.75, 3.05) is 26.2 Å². The molecule has 214 valence electrons. The smallest absolute Gasteiger partial charge is 0.314 e. The first kappa shape index (κ1) is 26.3. The molecule has 0 radical (unpaired) electrons. The molecule has 0 bridgehead atoms. The van der Waals surface area contributed by atoms with Crippen LogP contribution < -0.4 is 0 Å². The van der Waals surface area contributed by atoms with E-state index >= 15 is 0 Å². The Bertz CT molecular complexity index is 1510. The fourth-order valence-corrected chi connectivity index (χ4v) is 6.12. The molecular formula is C29H31F3N8O. The van der Waals surface area contributed by atoms with Gasteiger partial charge < -0.3 is 4.42 Å². The number of aromatic nitrogens is 6. The van der Waals surface area contributed by atoms with Gasteiger partial charge in [-0.15, -0.1) is 15.3 Å². The molecule has 0 amide bonds. The number of halogens is 3. The molecule has 3 aliphatic rings. The molecule has 2 aliphatic heterocycles. The van der Waals surface area contributed by atoms with Crippen LogP contribution in [0.5, 0.6) is 0 Å². The molecule has 1 aromatic carbocycles. The van der Waals surface area contributed by atoms with Crippen molar-refractivity contribution in [2.45, 2.75) is 63.1 Å². The van der Waals surface area contributed by atoms with Gasteiger partial charge in [-0.25, -0.2) is 9.07 Å². The Balaban J connectivity index is 0.969. The number of pyridine rings is 1. The third-order valence-electron chi connectivity index (χ3n) is 8.82. The van der Waals surface area contributed by atoms with Crippen molar-refractivity contribution in [3.63, 3.8) is 0 Å². The van der Waals surface area contributed by atoms with Gasteiger partial charge in [-0.3, -0.25) is 14.8 Å². The predicted octanol–water partition coefficient (Wildman–Crippen LogP) is 4.93. The van der Waals surface area contributed by atoms with Crippen LogP contribution in [0.2, 0.25) is 0 Å². The highest BCUT2D eigenvalue weighted by Gasteiger charge is 2.39. The normalized spacial score (nSPS) is 19.5. The first-order valence-electron chi connectivity index (χ1n) is 14.2. The molecule has 0 spiro atoms. The first-order valence-corrected chi connectivity index (χ1v) is 14.2. The minimum atomic E-state index is -2.90. The van der Waals surface area contributed by atoms with Crippen LogP contribution in [0.3, 0.4) is 0 Å². The zero-order valence-electron chi connectivity index (χ0n) is 22.5. The van der Waals surface area contributed by atoms with Crippen molar-refractivity contribution in [1.29, 1.82) is 0 Å². The summed E-state index contributed by atoms with van der Waals surface area (Å²) >= 11 is 0. The van der Waals surface area contributed by atoms with Gasteiger partial charge in [-0.05, 0) is 62.4 Å². The molecule has 0 unspecified atom stereocenters. The maximum Gasteiger partial charge on any atom is 0.314 e. The Kier molecular flexibility index (Phi) is 7.03. The Hall–Kier alpha value is -3.64. The number of hydrogen-bond donors (Lipinski definition) is 0. The van der Waals surface area contributed by atoms with Crippen molar-refractivity contribution < 1.29 is 17.6 Å². The highest BCUT2D eigenvalue weighted by Crippen LogP contribution is 2.35. The summed E-state index contributed by atoms with van der Waals surface area (Å²) in [4.78, 5) is 9.47. The Morgan fingerprint density at radius 1 is 0.927 bits per heavy atom. The molecule has 9 nitrogen and oxygen atoms in total.